The number of carbonyl (C=O) groups is 1. The van der Waals surface area contributed by atoms with Gasteiger partial charge >= 0.3 is 5.97 Å². The highest BCUT2D eigenvalue weighted by Gasteiger charge is 2.16. The van der Waals surface area contributed by atoms with Gasteiger partial charge in [0, 0.05) is 0 Å². The predicted octanol–water partition coefficient (Wildman–Crippen LogP) is 2.37. The smallest absolute Gasteiger partial charge is 0.334 e. The fourth-order valence-electron chi connectivity index (χ4n) is 1.63. The van der Waals surface area contributed by atoms with Crippen molar-refractivity contribution in [2.45, 2.75) is 53.6 Å². The molecule has 2 atom stereocenters. The minimum atomic E-state index is -1.01. The molecular formula is C12H24O3. The maximum atomic E-state index is 10.9. The van der Waals surface area contributed by atoms with E-state index in [0.717, 1.165) is 12.8 Å². The Morgan fingerprint density at radius 2 is 1.87 bits per heavy atom. The molecule has 90 valence electrons. The molecule has 1 N–H and O–H groups in total. The molecule has 3 heteroatoms. The van der Waals surface area contributed by atoms with E-state index in [0.29, 0.717) is 17.9 Å². The first kappa shape index (κ1) is 14.4. The molecule has 0 aliphatic carbocycles. The fraction of sp³-hybridized carbons (Fsp3) is 0.917. The molecule has 0 rings (SSSR count). The third-order valence-electron chi connectivity index (χ3n) is 2.16. The molecular weight excluding hydrogens is 192 g/mol. The van der Waals surface area contributed by atoms with Gasteiger partial charge in [-0.05, 0) is 31.1 Å². The van der Waals surface area contributed by atoms with Crippen molar-refractivity contribution in [2.24, 2.45) is 11.3 Å². The molecule has 15 heavy (non-hydrogen) atoms. The van der Waals surface area contributed by atoms with Gasteiger partial charge in [-0.3, -0.25) is 0 Å². The largest absolute Gasteiger partial charge is 0.464 e. The molecule has 0 amide bonds. The molecule has 0 saturated heterocycles. The van der Waals surface area contributed by atoms with E-state index in [1.807, 2.05) is 0 Å². The van der Waals surface area contributed by atoms with Gasteiger partial charge in [-0.25, -0.2) is 4.79 Å². The van der Waals surface area contributed by atoms with Crippen LogP contribution in [-0.2, 0) is 9.53 Å². The summed E-state index contributed by atoms with van der Waals surface area (Å²) in [5.41, 5.74) is 0.313. The number of esters is 1. The van der Waals surface area contributed by atoms with Crippen molar-refractivity contribution >= 4 is 5.97 Å². The van der Waals surface area contributed by atoms with Crippen LogP contribution in [0.1, 0.15) is 47.5 Å². The van der Waals surface area contributed by atoms with E-state index in [1.54, 1.807) is 0 Å². The van der Waals surface area contributed by atoms with Gasteiger partial charge in [0.15, 0.2) is 0 Å². The van der Waals surface area contributed by atoms with E-state index < -0.39 is 12.1 Å². The van der Waals surface area contributed by atoms with E-state index in [1.165, 1.54) is 6.92 Å². The Bertz CT molecular complexity index is 192. The number of rotatable bonds is 5. The zero-order valence-electron chi connectivity index (χ0n) is 10.5. The van der Waals surface area contributed by atoms with Crippen LogP contribution in [0, 0.1) is 11.3 Å². The third kappa shape index (κ3) is 8.43. The molecule has 0 aromatic heterocycles. The number of aliphatic hydroxyl groups excluding tert-OH is 1. The Morgan fingerprint density at radius 3 is 2.27 bits per heavy atom. The lowest BCUT2D eigenvalue weighted by molar-refractivity contribution is -0.152. The van der Waals surface area contributed by atoms with Crippen LogP contribution < -0.4 is 0 Å². The molecule has 2 unspecified atom stereocenters. The SMILES string of the molecule is CC(CCOC(=O)C(C)O)CC(C)(C)C. The summed E-state index contributed by atoms with van der Waals surface area (Å²) in [5.74, 6) is 0.00441. The van der Waals surface area contributed by atoms with Crippen molar-refractivity contribution in [1.29, 1.82) is 0 Å². The molecule has 0 saturated carbocycles. The molecule has 3 nitrogen and oxygen atoms in total. The van der Waals surface area contributed by atoms with Gasteiger partial charge in [0.25, 0.3) is 0 Å². The molecule has 0 heterocycles. The first-order chi connectivity index (χ1) is 6.72. The third-order valence-corrected chi connectivity index (χ3v) is 2.16. The highest BCUT2D eigenvalue weighted by atomic mass is 16.5. The summed E-state index contributed by atoms with van der Waals surface area (Å²) >= 11 is 0. The lowest BCUT2D eigenvalue weighted by atomic mass is 9.84. The van der Waals surface area contributed by atoms with E-state index >= 15 is 0 Å². The van der Waals surface area contributed by atoms with Gasteiger partial charge < -0.3 is 9.84 Å². The van der Waals surface area contributed by atoms with Crippen LogP contribution >= 0.6 is 0 Å². The Labute approximate surface area is 92.8 Å². The van der Waals surface area contributed by atoms with Crippen LogP contribution in [0.2, 0.25) is 0 Å². The van der Waals surface area contributed by atoms with Gasteiger partial charge in [0.1, 0.15) is 6.10 Å². The molecule has 0 aromatic rings. The molecule has 0 aliphatic heterocycles. The number of hydrogen-bond acceptors (Lipinski definition) is 3. The Balaban J connectivity index is 3.64. The van der Waals surface area contributed by atoms with Crippen molar-refractivity contribution in [2.75, 3.05) is 6.61 Å². The van der Waals surface area contributed by atoms with Crippen LogP contribution in [0.25, 0.3) is 0 Å². The topological polar surface area (TPSA) is 46.5 Å². The number of hydrogen-bond donors (Lipinski definition) is 1. The maximum Gasteiger partial charge on any atom is 0.334 e. The van der Waals surface area contributed by atoms with E-state index in [4.69, 9.17) is 9.84 Å². The summed E-state index contributed by atoms with van der Waals surface area (Å²) in [6, 6.07) is 0. The minimum Gasteiger partial charge on any atom is -0.464 e. The number of aliphatic hydroxyl groups is 1. The standard InChI is InChI=1S/C12H24O3/c1-9(8-12(3,4)5)6-7-15-11(14)10(2)13/h9-10,13H,6-8H2,1-5H3. The summed E-state index contributed by atoms with van der Waals surface area (Å²) in [6.07, 6.45) is 0.956. The summed E-state index contributed by atoms with van der Waals surface area (Å²) in [7, 11) is 0. The monoisotopic (exact) mass is 216 g/mol. The molecule has 0 spiro atoms. The lowest BCUT2D eigenvalue weighted by Crippen LogP contribution is -2.21. The molecule has 0 aliphatic rings. The van der Waals surface area contributed by atoms with Crippen molar-refractivity contribution < 1.29 is 14.6 Å². The van der Waals surface area contributed by atoms with Crippen molar-refractivity contribution in [1.82, 2.24) is 0 Å². The van der Waals surface area contributed by atoms with Crippen LogP contribution in [0.5, 0.6) is 0 Å². The van der Waals surface area contributed by atoms with Crippen molar-refractivity contribution in [3.63, 3.8) is 0 Å². The molecule has 0 aromatic carbocycles. The van der Waals surface area contributed by atoms with Crippen LogP contribution in [0.4, 0.5) is 0 Å². The highest BCUT2D eigenvalue weighted by Crippen LogP contribution is 2.25. The van der Waals surface area contributed by atoms with Gasteiger partial charge in [-0.15, -0.1) is 0 Å². The average Bonchev–Trinajstić information content (AvgIpc) is 2.00. The van der Waals surface area contributed by atoms with Crippen LogP contribution in [0.15, 0.2) is 0 Å². The first-order valence-corrected chi connectivity index (χ1v) is 5.57. The van der Waals surface area contributed by atoms with Crippen LogP contribution in [-0.4, -0.2) is 23.8 Å². The van der Waals surface area contributed by atoms with Crippen LogP contribution in [0.3, 0.4) is 0 Å². The van der Waals surface area contributed by atoms with E-state index in [2.05, 4.69) is 27.7 Å². The minimum absolute atomic E-state index is 0.313. The Hall–Kier alpha value is -0.570. The van der Waals surface area contributed by atoms with Crippen molar-refractivity contribution in [3.05, 3.63) is 0 Å². The molecule has 0 radical (unpaired) electrons. The summed E-state index contributed by atoms with van der Waals surface area (Å²) in [6.45, 7) is 10.6. The second kappa shape index (κ2) is 6.11. The quantitative estimate of drug-likeness (QED) is 0.718. The molecule has 0 bridgehead atoms. The zero-order chi connectivity index (χ0) is 12.1. The lowest BCUT2D eigenvalue weighted by Gasteiger charge is -2.23. The van der Waals surface area contributed by atoms with E-state index in [-0.39, 0.29) is 0 Å². The second-order valence-corrected chi connectivity index (χ2v) is 5.50. The summed E-state index contributed by atoms with van der Waals surface area (Å²) in [5, 5.41) is 8.90. The zero-order valence-corrected chi connectivity index (χ0v) is 10.5. The second-order valence-electron chi connectivity index (χ2n) is 5.50. The maximum absolute atomic E-state index is 10.9. The summed E-state index contributed by atoms with van der Waals surface area (Å²) < 4.78 is 4.90. The van der Waals surface area contributed by atoms with Gasteiger partial charge in [0.05, 0.1) is 6.61 Å². The fourth-order valence-corrected chi connectivity index (χ4v) is 1.63. The molecule has 0 fully saturated rings. The van der Waals surface area contributed by atoms with Gasteiger partial charge in [0.2, 0.25) is 0 Å². The summed E-state index contributed by atoms with van der Waals surface area (Å²) in [4.78, 5) is 10.9. The Morgan fingerprint density at radius 1 is 1.33 bits per heavy atom. The van der Waals surface area contributed by atoms with Gasteiger partial charge in [-0.1, -0.05) is 27.7 Å². The number of carbonyl (C=O) groups excluding carboxylic acids is 1. The predicted molar refractivity (Wildman–Crippen MR) is 60.5 cm³/mol. The highest BCUT2D eigenvalue weighted by molar-refractivity contribution is 5.73. The average molecular weight is 216 g/mol. The normalized spacial score (nSPS) is 15.9. The van der Waals surface area contributed by atoms with Gasteiger partial charge in [-0.2, -0.15) is 0 Å². The first-order valence-electron chi connectivity index (χ1n) is 5.57. The van der Waals surface area contributed by atoms with E-state index in [9.17, 15) is 4.79 Å². The van der Waals surface area contributed by atoms with Crippen molar-refractivity contribution in [3.8, 4) is 0 Å². The number of ether oxygens (including phenoxy) is 1. The Kier molecular flexibility index (Phi) is 5.88.